The van der Waals surface area contributed by atoms with Gasteiger partial charge in [0.05, 0.1) is 12.2 Å². The van der Waals surface area contributed by atoms with E-state index < -0.39 is 0 Å². The number of rotatable bonds is 6. The summed E-state index contributed by atoms with van der Waals surface area (Å²) in [6, 6.07) is 0.539. The molecule has 1 aliphatic heterocycles. The summed E-state index contributed by atoms with van der Waals surface area (Å²) in [5.74, 6) is 3.41. The molecule has 1 aromatic heterocycles. The van der Waals surface area contributed by atoms with Crippen molar-refractivity contribution in [2.45, 2.75) is 59.0 Å². The highest BCUT2D eigenvalue weighted by molar-refractivity contribution is 7.99. The van der Waals surface area contributed by atoms with Crippen LogP contribution in [-0.4, -0.2) is 39.8 Å². The van der Waals surface area contributed by atoms with Crippen LogP contribution in [-0.2, 0) is 26.4 Å². The fraction of sp³-hybridized carbons (Fsp3) is 0.765. The van der Waals surface area contributed by atoms with E-state index in [9.17, 15) is 0 Å². The second-order valence-electron chi connectivity index (χ2n) is 5.96. The lowest BCUT2D eigenvalue weighted by molar-refractivity contribution is 0.582. The molecule has 2 rings (SSSR count). The number of nitrogens with one attached hydrogen (secondary N) is 2. The number of hydrogen-bond donors (Lipinski definition) is 2. The lowest BCUT2D eigenvalue weighted by atomic mass is 10.1. The summed E-state index contributed by atoms with van der Waals surface area (Å²) < 4.78 is 2.02. The van der Waals surface area contributed by atoms with Crippen LogP contribution in [0.1, 0.15) is 50.6 Å². The molecule has 1 aromatic rings. The minimum absolute atomic E-state index is 0.539. The fourth-order valence-corrected chi connectivity index (χ4v) is 4.17. The molecule has 23 heavy (non-hydrogen) atoms. The number of aryl methyl sites for hydroxylation is 2. The van der Waals surface area contributed by atoms with E-state index in [0.717, 1.165) is 25.3 Å². The quantitative estimate of drug-likeness (QED) is 0.619. The summed E-state index contributed by atoms with van der Waals surface area (Å²) in [6.45, 7) is 8.06. The van der Waals surface area contributed by atoms with Crippen LogP contribution in [0.4, 0.5) is 0 Å². The molecule has 2 heterocycles. The van der Waals surface area contributed by atoms with E-state index in [-0.39, 0.29) is 0 Å². The lowest BCUT2D eigenvalue weighted by Gasteiger charge is -2.24. The van der Waals surface area contributed by atoms with Gasteiger partial charge in [0.2, 0.25) is 0 Å². The van der Waals surface area contributed by atoms with E-state index in [2.05, 4.69) is 36.5 Å². The molecule has 0 aliphatic carbocycles. The monoisotopic (exact) mass is 337 g/mol. The maximum Gasteiger partial charge on any atom is 0.191 e. The van der Waals surface area contributed by atoms with Crippen molar-refractivity contribution >= 4 is 17.7 Å². The summed E-state index contributed by atoms with van der Waals surface area (Å²) in [7, 11) is 2.04. The number of aliphatic imine (C=N–C) groups is 1. The Morgan fingerprint density at radius 1 is 1.35 bits per heavy atom. The van der Waals surface area contributed by atoms with Gasteiger partial charge in [-0.3, -0.25) is 4.68 Å². The smallest absolute Gasteiger partial charge is 0.191 e. The van der Waals surface area contributed by atoms with Gasteiger partial charge in [-0.2, -0.15) is 16.9 Å². The second kappa shape index (κ2) is 9.21. The Morgan fingerprint density at radius 2 is 2.17 bits per heavy atom. The number of aromatic nitrogens is 2. The molecule has 2 N–H and O–H groups in total. The van der Waals surface area contributed by atoms with Gasteiger partial charge in [-0.15, -0.1) is 0 Å². The van der Waals surface area contributed by atoms with E-state index in [1.807, 2.05) is 23.5 Å². The van der Waals surface area contributed by atoms with Crippen LogP contribution in [0.25, 0.3) is 0 Å². The highest BCUT2D eigenvalue weighted by Gasteiger charge is 2.16. The molecule has 1 atom stereocenters. The molecule has 5 nitrogen and oxygen atoms in total. The summed E-state index contributed by atoms with van der Waals surface area (Å²) in [5.41, 5.74) is 3.78. The van der Waals surface area contributed by atoms with Gasteiger partial charge in [-0.1, -0.05) is 13.8 Å². The topological polar surface area (TPSA) is 54.2 Å². The maximum absolute atomic E-state index is 4.84. The largest absolute Gasteiger partial charge is 0.357 e. The van der Waals surface area contributed by atoms with Gasteiger partial charge in [-0.25, -0.2) is 4.99 Å². The molecule has 0 amide bonds. The fourth-order valence-electron chi connectivity index (χ4n) is 3.10. The van der Waals surface area contributed by atoms with Crippen LogP contribution in [0.3, 0.4) is 0 Å². The van der Waals surface area contributed by atoms with Crippen molar-refractivity contribution in [3.63, 3.8) is 0 Å². The van der Waals surface area contributed by atoms with Crippen molar-refractivity contribution < 1.29 is 0 Å². The maximum atomic E-state index is 4.84. The Kier molecular flexibility index (Phi) is 7.27. The van der Waals surface area contributed by atoms with Crippen LogP contribution in [0.2, 0.25) is 0 Å². The molecule has 1 saturated heterocycles. The number of guanidine groups is 1. The standard InChI is InChI=1S/C17H31N5S/c1-5-15-14(16(6-2)22(4)21-15)11-19-17(18-7-3)20-13-9-8-10-23-12-13/h13H,5-12H2,1-4H3,(H2,18,19,20). The molecule has 6 heteroatoms. The second-order valence-corrected chi connectivity index (χ2v) is 7.11. The first-order chi connectivity index (χ1) is 11.2. The van der Waals surface area contributed by atoms with Gasteiger partial charge in [-0.05, 0) is 38.4 Å². The summed E-state index contributed by atoms with van der Waals surface area (Å²) >= 11 is 2.03. The third kappa shape index (κ3) is 4.90. The molecular formula is C17H31N5S. The summed E-state index contributed by atoms with van der Waals surface area (Å²) in [4.78, 5) is 4.84. The average molecular weight is 338 g/mol. The van der Waals surface area contributed by atoms with E-state index >= 15 is 0 Å². The molecular weight excluding hydrogens is 306 g/mol. The van der Waals surface area contributed by atoms with Crippen LogP contribution >= 0.6 is 11.8 Å². The Bertz CT molecular complexity index is 517. The first-order valence-electron chi connectivity index (χ1n) is 8.85. The van der Waals surface area contributed by atoms with Gasteiger partial charge in [0, 0.05) is 36.6 Å². The van der Waals surface area contributed by atoms with Crippen molar-refractivity contribution in [1.29, 1.82) is 0 Å². The van der Waals surface area contributed by atoms with E-state index in [1.165, 1.54) is 41.3 Å². The van der Waals surface area contributed by atoms with E-state index in [1.54, 1.807) is 0 Å². The predicted octanol–water partition coefficient (Wildman–Crippen LogP) is 2.50. The molecule has 1 fully saturated rings. The van der Waals surface area contributed by atoms with Crippen LogP contribution in [0.15, 0.2) is 4.99 Å². The third-order valence-corrected chi connectivity index (χ3v) is 5.48. The highest BCUT2D eigenvalue weighted by Crippen LogP contribution is 2.18. The zero-order valence-corrected chi connectivity index (χ0v) is 15.8. The third-order valence-electron chi connectivity index (χ3n) is 4.27. The normalized spacial score (nSPS) is 19.0. The first kappa shape index (κ1) is 18.2. The summed E-state index contributed by atoms with van der Waals surface area (Å²) in [5, 5.41) is 11.6. The zero-order chi connectivity index (χ0) is 16.7. The molecule has 0 bridgehead atoms. The van der Waals surface area contributed by atoms with Crippen LogP contribution < -0.4 is 10.6 Å². The molecule has 0 radical (unpaired) electrons. The number of thioether (sulfide) groups is 1. The van der Waals surface area contributed by atoms with Crippen LogP contribution in [0.5, 0.6) is 0 Å². The minimum Gasteiger partial charge on any atom is -0.357 e. The van der Waals surface area contributed by atoms with Crippen molar-refractivity contribution in [3.8, 4) is 0 Å². The molecule has 130 valence electrons. The van der Waals surface area contributed by atoms with Crippen molar-refractivity contribution in [2.24, 2.45) is 12.0 Å². The van der Waals surface area contributed by atoms with E-state index in [0.29, 0.717) is 12.6 Å². The Hall–Kier alpha value is -1.17. The van der Waals surface area contributed by atoms with Crippen LogP contribution in [0, 0.1) is 0 Å². The zero-order valence-electron chi connectivity index (χ0n) is 15.0. The Morgan fingerprint density at radius 3 is 2.78 bits per heavy atom. The van der Waals surface area contributed by atoms with Crippen molar-refractivity contribution in [2.75, 3.05) is 18.1 Å². The molecule has 1 aliphatic rings. The first-order valence-corrected chi connectivity index (χ1v) is 10.0. The lowest BCUT2D eigenvalue weighted by Crippen LogP contribution is -2.45. The highest BCUT2D eigenvalue weighted by atomic mass is 32.2. The van der Waals surface area contributed by atoms with Gasteiger partial charge in [0.25, 0.3) is 0 Å². The van der Waals surface area contributed by atoms with Crippen molar-refractivity contribution in [3.05, 3.63) is 17.0 Å². The number of nitrogens with zero attached hydrogens (tertiary/aromatic N) is 3. The van der Waals surface area contributed by atoms with E-state index in [4.69, 9.17) is 4.99 Å². The van der Waals surface area contributed by atoms with Gasteiger partial charge in [0.1, 0.15) is 0 Å². The Balaban J connectivity index is 2.10. The Labute approximate surface area is 144 Å². The van der Waals surface area contributed by atoms with Gasteiger partial charge < -0.3 is 10.6 Å². The van der Waals surface area contributed by atoms with Gasteiger partial charge >= 0.3 is 0 Å². The minimum atomic E-state index is 0.539. The average Bonchev–Trinajstić information content (AvgIpc) is 2.88. The van der Waals surface area contributed by atoms with Gasteiger partial charge in [0.15, 0.2) is 5.96 Å². The molecule has 0 saturated carbocycles. The molecule has 1 unspecified atom stereocenters. The number of hydrogen-bond acceptors (Lipinski definition) is 3. The molecule has 0 spiro atoms. The SMILES string of the molecule is CCNC(=NCc1c(CC)nn(C)c1CC)NC1CCCSC1. The predicted molar refractivity (Wildman–Crippen MR) is 100 cm³/mol. The summed E-state index contributed by atoms with van der Waals surface area (Å²) in [6.07, 6.45) is 4.49. The molecule has 0 aromatic carbocycles. The van der Waals surface area contributed by atoms with Crippen molar-refractivity contribution in [1.82, 2.24) is 20.4 Å².